The van der Waals surface area contributed by atoms with E-state index in [0.717, 1.165) is 0 Å². The molecule has 1 unspecified atom stereocenters. The highest BCUT2D eigenvalue weighted by atomic mass is 32.2. The Labute approximate surface area is 192 Å². The first-order valence-electron chi connectivity index (χ1n) is 10.4. The van der Waals surface area contributed by atoms with Crippen molar-refractivity contribution in [3.63, 3.8) is 0 Å². The highest BCUT2D eigenvalue weighted by Crippen LogP contribution is 2.36. The van der Waals surface area contributed by atoms with E-state index >= 15 is 0 Å². The summed E-state index contributed by atoms with van der Waals surface area (Å²) in [6, 6.07) is 22.1. The smallest absolute Gasteiger partial charge is 0.264 e. The number of ether oxygens (including phenoxy) is 3. The number of carbonyl (C=O) groups excluding carboxylic acids is 1. The molecule has 1 aliphatic rings. The molecule has 0 spiro atoms. The SMILES string of the molecule is COc1ccccc1OCCNC(=O)C1CN(S(=O)(=O)c2ccccc2)c2ccccc2O1. The summed E-state index contributed by atoms with van der Waals surface area (Å²) in [5.41, 5.74) is 0.393. The van der Waals surface area contributed by atoms with E-state index in [1.807, 2.05) is 12.1 Å². The molecule has 0 bridgehead atoms. The number of para-hydroxylation sites is 4. The van der Waals surface area contributed by atoms with Crippen molar-refractivity contribution in [1.82, 2.24) is 5.32 Å². The molecule has 0 aliphatic carbocycles. The number of sulfonamides is 1. The largest absolute Gasteiger partial charge is 0.493 e. The van der Waals surface area contributed by atoms with Gasteiger partial charge >= 0.3 is 0 Å². The van der Waals surface area contributed by atoms with Crippen LogP contribution in [0.25, 0.3) is 0 Å². The lowest BCUT2D eigenvalue weighted by Crippen LogP contribution is -2.51. The van der Waals surface area contributed by atoms with Gasteiger partial charge in [0.1, 0.15) is 12.4 Å². The van der Waals surface area contributed by atoms with Crippen LogP contribution in [0.15, 0.2) is 83.8 Å². The van der Waals surface area contributed by atoms with Crippen LogP contribution in [0.4, 0.5) is 5.69 Å². The number of carbonyl (C=O) groups is 1. The zero-order valence-electron chi connectivity index (χ0n) is 18.0. The second-order valence-corrected chi connectivity index (χ2v) is 9.08. The lowest BCUT2D eigenvalue weighted by atomic mass is 10.2. The minimum atomic E-state index is -3.88. The number of nitrogens with one attached hydrogen (secondary N) is 1. The van der Waals surface area contributed by atoms with Crippen LogP contribution in [0.3, 0.4) is 0 Å². The molecule has 1 aliphatic heterocycles. The van der Waals surface area contributed by atoms with Crippen molar-refractivity contribution in [1.29, 1.82) is 0 Å². The minimum Gasteiger partial charge on any atom is -0.493 e. The van der Waals surface area contributed by atoms with Crippen LogP contribution < -0.4 is 23.8 Å². The number of benzene rings is 3. The van der Waals surface area contributed by atoms with Gasteiger partial charge in [0.25, 0.3) is 15.9 Å². The monoisotopic (exact) mass is 468 g/mol. The second kappa shape index (κ2) is 9.83. The fourth-order valence-corrected chi connectivity index (χ4v) is 4.97. The lowest BCUT2D eigenvalue weighted by Gasteiger charge is -2.34. The van der Waals surface area contributed by atoms with Crippen molar-refractivity contribution in [2.45, 2.75) is 11.0 Å². The molecule has 1 N–H and O–H groups in total. The van der Waals surface area contributed by atoms with Crippen molar-refractivity contribution in [3.05, 3.63) is 78.9 Å². The van der Waals surface area contributed by atoms with E-state index in [4.69, 9.17) is 14.2 Å². The molecular weight excluding hydrogens is 444 g/mol. The molecule has 0 saturated heterocycles. The number of fused-ring (bicyclic) bond motifs is 1. The topological polar surface area (TPSA) is 94.2 Å². The van der Waals surface area contributed by atoms with Crippen molar-refractivity contribution in [2.75, 3.05) is 31.1 Å². The Morgan fingerprint density at radius 3 is 2.42 bits per heavy atom. The van der Waals surface area contributed by atoms with Gasteiger partial charge in [-0.2, -0.15) is 0 Å². The van der Waals surface area contributed by atoms with Gasteiger partial charge in [0.2, 0.25) is 0 Å². The van der Waals surface area contributed by atoms with Crippen LogP contribution in [-0.2, 0) is 14.8 Å². The number of rotatable bonds is 8. The summed E-state index contributed by atoms with van der Waals surface area (Å²) in [7, 11) is -2.32. The average molecular weight is 469 g/mol. The van der Waals surface area contributed by atoms with Crippen LogP contribution in [-0.4, -0.2) is 47.2 Å². The quantitative estimate of drug-likeness (QED) is 0.511. The van der Waals surface area contributed by atoms with Gasteiger partial charge in [-0.25, -0.2) is 8.42 Å². The summed E-state index contributed by atoms with van der Waals surface area (Å²) >= 11 is 0. The minimum absolute atomic E-state index is 0.145. The van der Waals surface area contributed by atoms with Gasteiger partial charge in [-0.1, -0.05) is 42.5 Å². The first-order valence-corrected chi connectivity index (χ1v) is 11.8. The summed E-state index contributed by atoms with van der Waals surface area (Å²) in [5.74, 6) is 1.06. The summed E-state index contributed by atoms with van der Waals surface area (Å²) in [4.78, 5) is 13.0. The van der Waals surface area contributed by atoms with E-state index in [-0.39, 0.29) is 24.6 Å². The van der Waals surface area contributed by atoms with E-state index in [9.17, 15) is 13.2 Å². The number of nitrogens with zero attached hydrogens (tertiary/aromatic N) is 1. The predicted molar refractivity (Wildman–Crippen MR) is 123 cm³/mol. The molecular formula is C24H24N2O6S. The van der Waals surface area contributed by atoms with Gasteiger partial charge in [0.05, 0.1) is 30.8 Å². The molecule has 3 aromatic carbocycles. The molecule has 9 heteroatoms. The second-order valence-electron chi connectivity index (χ2n) is 7.21. The van der Waals surface area contributed by atoms with Crippen molar-refractivity contribution >= 4 is 21.6 Å². The molecule has 1 amide bonds. The van der Waals surface area contributed by atoms with E-state index < -0.39 is 22.0 Å². The van der Waals surface area contributed by atoms with Crippen LogP contribution in [0.1, 0.15) is 0 Å². The Balaban J connectivity index is 1.45. The van der Waals surface area contributed by atoms with Crippen LogP contribution >= 0.6 is 0 Å². The molecule has 172 valence electrons. The number of hydrogen-bond acceptors (Lipinski definition) is 6. The van der Waals surface area contributed by atoms with Crippen molar-refractivity contribution < 1.29 is 27.4 Å². The van der Waals surface area contributed by atoms with Gasteiger partial charge in [-0.15, -0.1) is 0 Å². The Hall–Kier alpha value is -3.72. The van der Waals surface area contributed by atoms with Crippen LogP contribution in [0.2, 0.25) is 0 Å². The average Bonchev–Trinajstić information content (AvgIpc) is 2.86. The highest BCUT2D eigenvalue weighted by molar-refractivity contribution is 7.92. The fourth-order valence-electron chi connectivity index (χ4n) is 3.47. The first kappa shape index (κ1) is 22.5. The third-order valence-corrected chi connectivity index (χ3v) is 6.88. The standard InChI is InChI=1S/C24H24N2O6S/c1-30-21-13-7-8-14-22(21)31-16-15-25-24(27)23-17-26(19-11-5-6-12-20(19)32-23)33(28,29)18-9-3-2-4-10-18/h2-14,23H,15-17H2,1H3,(H,25,27). The van der Waals surface area contributed by atoms with Gasteiger partial charge < -0.3 is 19.5 Å². The van der Waals surface area contributed by atoms with Crippen molar-refractivity contribution in [2.24, 2.45) is 0 Å². The first-order chi connectivity index (χ1) is 16.0. The molecule has 8 nitrogen and oxygen atoms in total. The zero-order valence-corrected chi connectivity index (χ0v) is 18.8. The van der Waals surface area contributed by atoms with Crippen molar-refractivity contribution in [3.8, 4) is 17.2 Å². The Morgan fingerprint density at radius 2 is 1.67 bits per heavy atom. The number of hydrogen-bond donors (Lipinski definition) is 1. The molecule has 33 heavy (non-hydrogen) atoms. The van der Waals surface area contributed by atoms with Crippen LogP contribution in [0, 0.1) is 0 Å². The molecule has 0 saturated carbocycles. The molecule has 1 heterocycles. The van der Waals surface area contributed by atoms with E-state index in [1.165, 1.54) is 16.4 Å². The van der Waals surface area contributed by atoms with Gasteiger partial charge in [0, 0.05) is 0 Å². The molecule has 0 aromatic heterocycles. The summed E-state index contributed by atoms with van der Waals surface area (Å²) in [5, 5.41) is 2.75. The molecule has 0 fully saturated rings. The summed E-state index contributed by atoms with van der Waals surface area (Å²) in [6.45, 7) is 0.277. The molecule has 4 rings (SSSR count). The van der Waals surface area contributed by atoms with Gasteiger partial charge in [-0.05, 0) is 36.4 Å². The third-order valence-electron chi connectivity index (χ3n) is 5.09. The van der Waals surface area contributed by atoms with Gasteiger partial charge in [-0.3, -0.25) is 9.10 Å². The zero-order chi connectivity index (χ0) is 23.3. The normalized spacial score (nSPS) is 15.2. The maximum atomic E-state index is 13.3. The number of amides is 1. The number of anilines is 1. The van der Waals surface area contributed by atoms with E-state index in [1.54, 1.807) is 61.7 Å². The summed E-state index contributed by atoms with van der Waals surface area (Å²) < 4.78 is 44.6. The van der Waals surface area contributed by atoms with Crippen LogP contribution in [0.5, 0.6) is 17.2 Å². The maximum absolute atomic E-state index is 13.3. The maximum Gasteiger partial charge on any atom is 0.264 e. The number of methoxy groups -OCH3 is 1. The Bertz CT molecular complexity index is 1220. The lowest BCUT2D eigenvalue weighted by molar-refractivity contribution is -0.127. The molecule has 0 radical (unpaired) electrons. The van der Waals surface area contributed by atoms with E-state index in [0.29, 0.717) is 22.9 Å². The predicted octanol–water partition coefficient (Wildman–Crippen LogP) is 2.85. The summed E-state index contributed by atoms with van der Waals surface area (Å²) in [6.07, 6.45) is -1.01. The third kappa shape index (κ3) is 4.88. The molecule has 1 atom stereocenters. The fraction of sp³-hybridized carbons (Fsp3) is 0.208. The van der Waals surface area contributed by atoms with Gasteiger partial charge in [0.15, 0.2) is 17.6 Å². The Kier molecular flexibility index (Phi) is 6.69. The highest BCUT2D eigenvalue weighted by Gasteiger charge is 2.37. The molecule has 3 aromatic rings. The Morgan fingerprint density at radius 1 is 1.00 bits per heavy atom. The van der Waals surface area contributed by atoms with E-state index in [2.05, 4.69) is 5.32 Å².